The molecule has 2 aromatic rings. The van der Waals surface area contributed by atoms with E-state index in [9.17, 15) is 0 Å². The molecule has 2 aliphatic carbocycles. The first-order valence-electron chi connectivity index (χ1n) is 7.41. The molecule has 2 N–H and O–H groups in total. The van der Waals surface area contributed by atoms with Gasteiger partial charge in [0.25, 0.3) is 0 Å². The van der Waals surface area contributed by atoms with Crippen LogP contribution in [0.15, 0.2) is 36.7 Å². The van der Waals surface area contributed by atoms with Crippen molar-refractivity contribution in [2.75, 3.05) is 0 Å². The zero-order valence-electron chi connectivity index (χ0n) is 11.1. The lowest BCUT2D eigenvalue weighted by Crippen LogP contribution is -2.26. The third kappa shape index (κ3) is 1.78. The van der Waals surface area contributed by atoms with Crippen molar-refractivity contribution in [2.24, 2.45) is 23.5 Å². The third-order valence-corrected chi connectivity index (χ3v) is 5.33. The summed E-state index contributed by atoms with van der Waals surface area (Å²) in [6.45, 7) is 0. The van der Waals surface area contributed by atoms with Crippen LogP contribution in [-0.4, -0.2) is 4.98 Å². The average molecular weight is 252 g/mol. The molecule has 2 nitrogen and oxygen atoms in total. The molecule has 4 rings (SSSR count). The maximum Gasteiger partial charge on any atom is 0.0349 e. The number of rotatable bonds is 2. The maximum absolute atomic E-state index is 6.63. The molecule has 1 aromatic carbocycles. The second-order valence-corrected chi connectivity index (χ2v) is 6.31. The van der Waals surface area contributed by atoms with Crippen LogP contribution in [0.2, 0.25) is 0 Å². The van der Waals surface area contributed by atoms with Gasteiger partial charge in [-0.2, -0.15) is 0 Å². The highest BCUT2D eigenvalue weighted by molar-refractivity contribution is 5.85. The van der Waals surface area contributed by atoms with Crippen molar-refractivity contribution in [3.63, 3.8) is 0 Å². The van der Waals surface area contributed by atoms with Crippen LogP contribution in [0.5, 0.6) is 0 Å². The van der Waals surface area contributed by atoms with Crippen LogP contribution >= 0.6 is 0 Å². The van der Waals surface area contributed by atoms with Crippen molar-refractivity contribution < 1.29 is 0 Å². The lowest BCUT2D eigenvalue weighted by Gasteiger charge is -2.28. The zero-order valence-corrected chi connectivity index (χ0v) is 11.1. The van der Waals surface area contributed by atoms with Gasteiger partial charge >= 0.3 is 0 Å². The summed E-state index contributed by atoms with van der Waals surface area (Å²) in [5.74, 6) is 2.51. The average Bonchev–Trinajstić information content (AvgIpc) is 3.08. The number of nitrogens with two attached hydrogens (primary N) is 1. The summed E-state index contributed by atoms with van der Waals surface area (Å²) in [6, 6.07) is 8.73. The van der Waals surface area contributed by atoms with Crippen LogP contribution in [0.3, 0.4) is 0 Å². The first-order chi connectivity index (χ1) is 9.33. The van der Waals surface area contributed by atoms with Crippen LogP contribution in [-0.2, 0) is 0 Å². The molecule has 0 radical (unpaired) electrons. The van der Waals surface area contributed by atoms with E-state index in [1.165, 1.54) is 42.0 Å². The van der Waals surface area contributed by atoms with Crippen molar-refractivity contribution in [3.8, 4) is 0 Å². The van der Waals surface area contributed by atoms with Crippen LogP contribution < -0.4 is 5.73 Å². The number of pyridine rings is 1. The fourth-order valence-corrected chi connectivity index (χ4v) is 4.39. The SMILES string of the molecule is NC(c1cccc2ccncc12)C1CC2CCC1C2. The molecule has 1 aromatic heterocycles. The highest BCUT2D eigenvalue weighted by Crippen LogP contribution is 2.52. The number of hydrogen-bond donors (Lipinski definition) is 1. The Morgan fingerprint density at radius 3 is 2.89 bits per heavy atom. The smallest absolute Gasteiger partial charge is 0.0349 e. The van der Waals surface area contributed by atoms with E-state index < -0.39 is 0 Å². The highest BCUT2D eigenvalue weighted by Gasteiger charge is 2.42. The van der Waals surface area contributed by atoms with Gasteiger partial charge in [0, 0.05) is 23.8 Å². The van der Waals surface area contributed by atoms with Gasteiger partial charge in [-0.3, -0.25) is 4.98 Å². The molecule has 1 heterocycles. The van der Waals surface area contributed by atoms with E-state index in [4.69, 9.17) is 5.73 Å². The van der Waals surface area contributed by atoms with Gasteiger partial charge in [-0.05, 0) is 54.0 Å². The molecule has 4 atom stereocenters. The van der Waals surface area contributed by atoms with E-state index >= 15 is 0 Å². The number of fused-ring (bicyclic) bond motifs is 3. The Hall–Kier alpha value is -1.41. The van der Waals surface area contributed by atoms with Crippen molar-refractivity contribution in [1.82, 2.24) is 4.98 Å². The first-order valence-corrected chi connectivity index (χ1v) is 7.41. The van der Waals surface area contributed by atoms with Crippen LogP contribution in [0, 0.1) is 17.8 Å². The Morgan fingerprint density at radius 2 is 2.11 bits per heavy atom. The van der Waals surface area contributed by atoms with E-state index in [0.717, 1.165) is 11.8 Å². The van der Waals surface area contributed by atoms with Gasteiger partial charge in [-0.25, -0.2) is 0 Å². The Bertz CT molecular complexity index is 602. The lowest BCUT2D eigenvalue weighted by atomic mass is 9.80. The Kier molecular flexibility index (Phi) is 2.59. The summed E-state index contributed by atoms with van der Waals surface area (Å²) < 4.78 is 0. The molecule has 2 fully saturated rings. The van der Waals surface area contributed by atoms with Crippen molar-refractivity contribution in [1.29, 1.82) is 0 Å². The van der Waals surface area contributed by atoms with Crippen molar-refractivity contribution in [2.45, 2.75) is 31.7 Å². The van der Waals surface area contributed by atoms with Gasteiger partial charge in [-0.15, -0.1) is 0 Å². The van der Waals surface area contributed by atoms with E-state index in [1.54, 1.807) is 0 Å². The number of benzene rings is 1. The van der Waals surface area contributed by atoms with E-state index in [-0.39, 0.29) is 6.04 Å². The Morgan fingerprint density at radius 1 is 1.16 bits per heavy atom. The molecule has 0 amide bonds. The predicted molar refractivity (Wildman–Crippen MR) is 77.6 cm³/mol. The minimum atomic E-state index is 0.184. The highest BCUT2D eigenvalue weighted by atomic mass is 14.7. The van der Waals surface area contributed by atoms with E-state index in [1.807, 2.05) is 12.4 Å². The van der Waals surface area contributed by atoms with Gasteiger partial charge in [-0.1, -0.05) is 24.6 Å². The summed E-state index contributed by atoms with van der Waals surface area (Å²) in [6.07, 6.45) is 9.41. The first kappa shape index (κ1) is 11.4. The monoisotopic (exact) mass is 252 g/mol. The van der Waals surface area contributed by atoms with Crippen LogP contribution in [0.1, 0.15) is 37.3 Å². The Labute approximate surface area is 114 Å². The zero-order chi connectivity index (χ0) is 12.8. The molecule has 2 heteroatoms. The number of hydrogen-bond acceptors (Lipinski definition) is 2. The summed E-state index contributed by atoms with van der Waals surface area (Å²) in [5.41, 5.74) is 7.92. The van der Waals surface area contributed by atoms with Crippen LogP contribution in [0.25, 0.3) is 10.8 Å². The molecule has 2 aliphatic rings. The minimum Gasteiger partial charge on any atom is -0.324 e. The maximum atomic E-state index is 6.63. The molecule has 2 saturated carbocycles. The molecular formula is C17H20N2. The van der Waals surface area contributed by atoms with Gasteiger partial charge in [0.1, 0.15) is 0 Å². The quantitative estimate of drug-likeness (QED) is 0.885. The van der Waals surface area contributed by atoms with Crippen molar-refractivity contribution >= 4 is 10.8 Å². The summed E-state index contributed by atoms with van der Waals surface area (Å²) in [4.78, 5) is 4.27. The minimum absolute atomic E-state index is 0.184. The van der Waals surface area contributed by atoms with Gasteiger partial charge in [0.05, 0.1) is 0 Å². The van der Waals surface area contributed by atoms with Gasteiger partial charge in [0.2, 0.25) is 0 Å². The summed E-state index contributed by atoms with van der Waals surface area (Å²) >= 11 is 0. The second-order valence-electron chi connectivity index (χ2n) is 6.31. The van der Waals surface area contributed by atoms with E-state index in [0.29, 0.717) is 5.92 Å². The van der Waals surface area contributed by atoms with Gasteiger partial charge < -0.3 is 5.73 Å². The molecule has 0 spiro atoms. The molecule has 98 valence electrons. The van der Waals surface area contributed by atoms with Gasteiger partial charge in [0.15, 0.2) is 0 Å². The third-order valence-electron chi connectivity index (χ3n) is 5.33. The molecule has 2 bridgehead atoms. The predicted octanol–water partition coefficient (Wildman–Crippen LogP) is 3.67. The summed E-state index contributed by atoms with van der Waals surface area (Å²) in [7, 11) is 0. The van der Waals surface area contributed by atoms with Crippen LogP contribution in [0.4, 0.5) is 0 Å². The Balaban J connectivity index is 1.74. The standard InChI is InChI=1S/C17H20N2/c18-17(15-9-11-4-5-13(15)8-11)14-3-1-2-12-6-7-19-10-16(12)14/h1-3,6-7,10-11,13,15,17H,4-5,8-9,18H2. The second kappa shape index (κ2) is 4.31. The molecule has 0 aliphatic heterocycles. The number of nitrogens with zero attached hydrogens (tertiary/aromatic N) is 1. The molecule has 19 heavy (non-hydrogen) atoms. The molecule has 4 unspecified atom stereocenters. The normalized spacial score (nSPS) is 30.9. The van der Waals surface area contributed by atoms with Crippen molar-refractivity contribution in [3.05, 3.63) is 42.2 Å². The fraction of sp³-hybridized carbons (Fsp3) is 0.471. The summed E-state index contributed by atoms with van der Waals surface area (Å²) in [5, 5.41) is 2.49. The molecule has 0 saturated heterocycles. The number of aromatic nitrogens is 1. The fourth-order valence-electron chi connectivity index (χ4n) is 4.39. The largest absolute Gasteiger partial charge is 0.324 e. The topological polar surface area (TPSA) is 38.9 Å². The van der Waals surface area contributed by atoms with E-state index in [2.05, 4.69) is 29.2 Å². The lowest BCUT2D eigenvalue weighted by molar-refractivity contribution is 0.285. The molecular weight excluding hydrogens is 232 g/mol.